The number of ether oxygens (including phenoxy) is 1. The van der Waals surface area contributed by atoms with Gasteiger partial charge in [0, 0.05) is 25.9 Å². The Labute approximate surface area is 142 Å². The van der Waals surface area contributed by atoms with E-state index >= 15 is 0 Å². The van der Waals surface area contributed by atoms with E-state index in [0.717, 1.165) is 30.0 Å². The van der Waals surface area contributed by atoms with Crippen molar-refractivity contribution in [3.8, 4) is 5.75 Å². The number of benzene rings is 1. The highest BCUT2D eigenvalue weighted by atomic mass is 16.5. The fourth-order valence-electron chi connectivity index (χ4n) is 2.74. The van der Waals surface area contributed by atoms with Crippen LogP contribution in [0, 0.1) is 5.92 Å². The lowest BCUT2D eigenvalue weighted by atomic mass is 10.0. The van der Waals surface area contributed by atoms with Crippen molar-refractivity contribution in [3.63, 3.8) is 0 Å². The molecule has 1 aromatic carbocycles. The second-order valence-electron chi connectivity index (χ2n) is 6.36. The number of hydrogen-bond acceptors (Lipinski definition) is 4. The average Bonchev–Trinajstić information content (AvgIpc) is 3.44. The first kappa shape index (κ1) is 16.3. The minimum atomic E-state index is -0.0618. The van der Waals surface area contributed by atoms with E-state index in [-0.39, 0.29) is 11.9 Å². The summed E-state index contributed by atoms with van der Waals surface area (Å²) in [4.78, 5) is 18.8. The minimum absolute atomic E-state index is 0.0411. The summed E-state index contributed by atoms with van der Waals surface area (Å²) in [5.74, 6) is 2.05. The SMILES string of the molecule is COc1ccc(C(NC(=O)c2ccnc(N(C)C)c2)C2CC2)cc1. The molecule has 1 aromatic heterocycles. The van der Waals surface area contributed by atoms with Gasteiger partial charge in [0.25, 0.3) is 5.91 Å². The molecule has 5 heteroatoms. The molecule has 0 bridgehead atoms. The molecule has 2 aromatic rings. The van der Waals surface area contributed by atoms with Crippen LogP contribution in [0.4, 0.5) is 5.82 Å². The Bertz CT molecular complexity index is 709. The summed E-state index contributed by atoms with van der Waals surface area (Å²) in [5.41, 5.74) is 1.75. The Morgan fingerprint density at radius 1 is 1.25 bits per heavy atom. The normalized spacial score (nSPS) is 14.8. The maximum Gasteiger partial charge on any atom is 0.251 e. The number of methoxy groups -OCH3 is 1. The van der Waals surface area contributed by atoms with Crippen molar-refractivity contribution in [2.24, 2.45) is 5.92 Å². The second-order valence-corrected chi connectivity index (χ2v) is 6.36. The molecule has 1 unspecified atom stereocenters. The van der Waals surface area contributed by atoms with Crippen molar-refractivity contribution >= 4 is 11.7 Å². The first-order valence-electron chi connectivity index (χ1n) is 8.16. The van der Waals surface area contributed by atoms with Gasteiger partial charge in [-0.3, -0.25) is 4.79 Å². The van der Waals surface area contributed by atoms with Crippen LogP contribution in [-0.4, -0.2) is 32.1 Å². The predicted molar refractivity (Wildman–Crippen MR) is 94.5 cm³/mol. The molecule has 1 amide bonds. The van der Waals surface area contributed by atoms with Crippen LogP contribution in [0.2, 0.25) is 0 Å². The highest BCUT2D eigenvalue weighted by molar-refractivity contribution is 5.95. The molecule has 1 atom stereocenters. The Morgan fingerprint density at radius 2 is 1.96 bits per heavy atom. The molecule has 0 saturated heterocycles. The van der Waals surface area contributed by atoms with Crippen molar-refractivity contribution in [2.75, 3.05) is 26.1 Å². The number of amides is 1. The lowest BCUT2D eigenvalue weighted by molar-refractivity contribution is 0.0931. The lowest BCUT2D eigenvalue weighted by Crippen LogP contribution is -2.30. The van der Waals surface area contributed by atoms with Gasteiger partial charge >= 0.3 is 0 Å². The third-order valence-electron chi connectivity index (χ3n) is 4.32. The van der Waals surface area contributed by atoms with Crippen molar-refractivity contribution in [1.82, 2.24) is 10.3 Å². The maximum atomic E-state index is 12.7. The van der Waals surface area contributed by atoms with Crippen LogP contribution in [0.5, 0.6) is 5.75 Å². The van der Waals surface area contributed by atoms with Gasteiger partial charge in [0.05, 0.1) is 13.2 Å². The number of pyridine rings is 1. The number of carbonyl (C=O) groups excluding carboxylic acids is 1. The molecule has 3 rings (SSSR count). The quantitative estimate of drug-likeness (QED) is 0.887. The molecule has 1 saturated carbocycles. The van der Waals surface area contributed by atoms with E-state index in [4.69, 9.17) is 4.74 Å². The molecule has 24 heavy (non-hydrogen) atoms. The third-order valence-corrected chi connectivity index (χ3v) is 4.32. The standard InChI is InChI=1S/C19H23N3O2/c1-22(2)17-12-15(10-11-20-17)19(23)21-18(13-4-5-13)14-6-8-16(24-3)9-7-14/h6-13,18H,4-5H2,1-3H3,(H,21,23). The Kier molecular flexibility index (Phi) is 4.69. The summed E-state index contributed by atoms with van der Waals surface area (Å²) in [7, 11) is 5.48. The zero-order chi connectivity index (χ0) is 17.1. The molecular formula is C19H23N3O2. The molecule has 1 aliphatic rings. The average molecular weight is 325 g/mol. The van der Waals surface area contributed by atoms with Gasteiger partial charge in [0.2, 0.25) is 0 Å². The number of aromatic nitrogens is 1. The number of carbonyl (C=O) groups is 1. The van der Waals surface area contributed by atoms with Crippen molar-refractivity contribution in [3.05, 3.63) is 53.7 Å². The van der Waals surface area contributed by atoms with Gasteiger partial charge in [-0.1, -0.05) is 12.1 Å². The lowest BCUT2D eigenvalue weighted by Gasteiger charge is -2.20. The van der Waals surface area contributed by atoms with Crippen molar-refractivity contribution in [2.45, 2.75) is 18.9 Å². The molecule has 1 fully saturated rings. The summed E-state index contributed by atoms with van der Waals surface area (Å²) in [6.45, 7) is 0. The first-order valence-corrected chi connectivity index (χ1v) is 8.16. The molecular weight excluding hydrogens is 302 g/mol. The van der Waals surface area contributed by atoms with Crippen LogP contribution < -0.4 is 15.0 Å². The minimum Gasteiger partial charge on any atom is -0.497 e. The van der Waals surface area contributed by atoms with Gasteiger partial charge in [0.1, 0.15) is 11.6 Å². The first-order chi connectivity index (χ1) is 11.6. The zero-order valence-electron chi connectivity index (χ0n) is 14.3. The van der Waals surface area contributed by atoms with Gasteiger partial charge in [-0.25, -0.2) is 4.98 Å². The summed E-state index contributed by atoms with van der Waals surface area (Å²) < 4.78 is 5.21. The molecule has 0 aliphatic heterocycles. The van der Waals surface area contributed by atoms with Crippen LogP contribution in [0.1, 0.15) is 34.8 Å². The summed E-state index contributed by atoms with van der Waals surface area (Å²) >= 11 is 0. The summed E-state index contributed by atoms with van der Waals surface area (Å²) in [6, 6.07) is 11.5. The van der Waals surface area contributed by atoms with Gasteiger partial charge in [-0.2, -0.15) is 0 Å². The molecule has 126 valence electrons. The molecule has 1 aliphatic carbocycles. The van der Waals surface area contributed by atoms with Gasteiger partial charge in [-0.15, -0.1) is 0 Å². The van der Waals surface area contributed by atoms with E-state index in [1.165, 1.54) is 0 Å². The fourth-order valence-corrected chi connectivity index (χ4v) is 2.74. The molecule has 1 heterocycles. The molecule has 5 nitrogen and oxygen atoms in total. The monoisotopic (exact) mass is 325 g/mol. The Balaban J connectivity index is 1.78. The number of nitrogens with zero attached hydrogens (tertiary/aromatic N) is 2. The largest absolute Gasteiger partial charge is 0.497 e. The third kappa shape index (κ3) is 3.67. The molecule has 0 radical (unpaired) electrons. The highest BCUT2D eigenvalue weighted by Crippen LogP contribution is 2.41. The highest BCUT2D eigenvalue weighted by Gasteiger charge is 2.33. The smallest absolute Gasteiger partial charge is 0.251 e. The van der Waals surface area contributed by atoms with Crippen molar-refractivity contribution in [1.29, 1.82) is 0 Å². The Morgan fingerprint density at radius 3 is 2.54 bits per heavy atom. The van der Waals surface area contributed by atoms with Gasteiger partial charge in [-0.05, 0) is 48.6 Å². The van der Waals surface area contributed by atoms with Crippen LogP contribution in [0.3, 0.4) is 0 Å². The zero-order valence-corrected chi connectivity index (χ0v) is 14.3. The van der Waals surface area contributed by atoms with Crippen molar-refractivity contribution < 1.29 is 9.53 Å². The van der Waals surface area contributed by atoms with Gasteiger partial charge in [0.15, 0.2) is 0 Å². The summed E-state index contributed by atoms with van der Waals surface area (Å²) in [5, 5.41) is 3.19. The summed E-state index contributed by atoms with van der Waals surface area (Å²) in [6.07, 6.45) is 3.97. The number of hydrogen-bond donors (Lipinski definition) is 1. The fraction of sp³-hybridized carbons (Fsp3) is 0.368. The number of rotatable bonds is 6. The van der Waals surface area contributed by atoms with Crippen LogP contribution >= 0.6 is 0 Å². The Hall–Kier alpha value is -2.56. The number of anilines is 1. The van der Waals surface area contributed by atoms with E-state index in [0.29, 0.717) is 11.5 Å². The van der Waals surface area contributed by atoms with E-state index in [9.17, 15) is 4.79 Å². The van der Waals surface area contributed by atoms with E-state index in [1.807, 2.05) is 49.3 Å². The van der Waals surface area contributed by atoms with Crippen LogP contribution in [-0.2, 0) is 0 Å². The molecule has 0 spiro atoms. The number of nitrogens with one attached hydrogen (secondary N) is 1. The molecule has 1 N–H and O–H groups in total. The van der Waals surface area contributed by atoms with E-state index in [1.54, 1.807) is 19.4 Å². The van der Waals surface area contributed by atoms with E-state index < -0.39 is 0 Å². The van der Waals surface area contributed by atoms with Crippen LogP contribution in [0.15, 0.2) is 42.6 Å². The predicted octanol–water partition coefficient (Wildman–Crippen LogP) is 3.04. The van der Waals surface area contributed by atoms with Crippen LogP contribution in [0.25, 0.3) is 0 Å². The van der Waals surface area contributed by atoms with Gasteiger partial charge < -0.3 is 15.0 Å². The topological polar surface area (TPSA) is 54.5 Å². The maximum absolute atomic E-state index is 12.7. The van der Waals surface area contributed by atoms with E-state index in [2.05, 4.69) is 10.3 Å². The second kappa shape index (κ2) is 6.91.